The molecule has 0 unspecified atom stereocenters. The summed E-state index contributed by atoms with van der Waals surface area (Å²) in [5, 5.41) is 8.30. The van der Waals surface area contributed by atoms with Gasteiger partial charge in [0.1, 0.15) is 23.2 Å². The number of rotatable bonds is 5. The molecular formula is C21H19N7O2. The van der Waals surface area contributed by atoms with Crippen LogP contribution in [-0.2, 0) is 14.1 Å². The Bertz CT molecular complexity index is 1360. The minimum atomic E-state index is 0.458. The normalized spacial score (nSPS) is 11.2. The van der Waals surface area contributed by atoms with Gasteiger partial charge >= 0.3 is 0 Å². The van der Waals surface area contributed by atoms with E-state index in [-0.39, 0.29) is 0 Å². The number of nitrogens with one attached hydrogen (secondary N) is 1. The minimum absolute atomic E-state index is 0.458. The third-order valence-corrected chi connectivity index (χ3v) is 4.91. The number of hydrogen-bond acceptors (Lipinski definition) is 7. The second-order valence-corrected chi connectivity index (χ2v) is 6.78. The number of imidazole rings is 1. The molecule has 150 valence electrons. The maximum absolute atomic E-state index is 6.02. The molecule has 0 aliphatic carbocycles. The molecule has 0 bridgehead atoms. The Labute approximate surface area is 171 Å². The number of methoxy groups -OCH3 is 1. The van der Waals surface area contributed by atoms with Crippen LogP contribution in [-0.4, -0.2) is 36.4 Å². The largest absolute Gasteiger partial charge is 0.497 e. The number of anilines is 2. The fourth-order valence-corrected chi connectivity index (χ4v) is 3.29. The summed E-state index contributed by atoms with van der Waals surface area (Å²) in [6, 6.07) is 13.4. The highest BCUT2D eigenvalue weighted by atomic mass is 16.5. The molecule has 3 aromatic heterocycles. The highest BCUT2D eigenvalue weighted by Gasteiger charge is 2.13. The van der Waals surface area contributed by atoms with Crippen LogP contribution >= 0.6 is 0 Å². The van der Waals surface area contributed by atoms with Crippen LogP contribution in [0.15, 0.2) is 55.0 Å². The molecule has 0 saturated heterocycles. The number of fused-ring (bicyclic) bond motifs is 2. The molecule has 5 aromatic rings. The molecule has 0 saturated carbocycles. The summed E-state index contributed by atoms with van der Waals surface area (Å²) in [6.45, 7) is 0. The molecular weight excluding hydrogens is 382 g/mol. The second kappa shape index (κ2) is 7.03. The Kier molecular flexibility index (Phi) is 4.20. The second-order valence-electron chi connectivity index (χ2n) is 6.78. The van der Waals surface area contributed by atoms with Crippen LogP contribution in [0.3, 0.4) is 0 Å². The summed E-state index contributed by atoms with van der Waals surface area (Å²) < 4.78 is 14.9. The van der Waals surface area contributed by atoms with Crippen LogP contribution in [0.2, 0.25) is 0 Å². The number of benzene rings is 2. The van der Waals surface area contributed by atoms with Crippen LogP contribution < -0.4 is 14.8 Å². The quantitative estimate of drug-likeness (QED) is 0.479. The van der Waals surface area contributed by atoms with Crippen molar-refractivity contribution in [2.45, 2.75) is 0 Å². The van der Waals surface area contributed by atoms with Crippen molar-refractivity contribution in [1.82, 2.24) is 29.3 Å². The van der Waals surface area contributed by atoms with Gasteiger partial charge in [0.25, 0.3) is 0 Å². The molecule has 5 rings (SSSR count). The van der Waals surface area contributed by atoms with Gasteiger partial charge in [-0.05, 0) is 36.4 Å². The van der Waals surface area contributed by atoms with Gasteiger partial charge in [-0.25, -0.2) is 15.0 Å². The summed E-state index contributed by atoms with van der Waals surface area (Å²) in [5.74, 6) is 2.63. The average molecular weight is 401 g/mol. The predicted octanol–water partition coefficient (Wildman–Crippen LogP) is 3.79. The molecule has 0 fully saturated rings. The standard InChI is InChI=1S/C21H19N7O2/c1-27-18-9-8-15(30-20-16-11-24-28(2)19(16)22-12-23-20)10-17(18)26-21(27)25-13-4-6-14(29-3)7-5-13/h4-12H,1-3H3,(H,25,26). The molecule has 1 N–H and O–H groups in total. The molecule has 0 aliphatic rings. The van der Waals surface area contributed by atoms with Crippen molar-refractivity contribution < 1.29 is 9.47 Å². The topological polar surface area (TPSA) is 91.9 Å². The Balaban J connectivity index is 1.45. The monoisotopic (exact) mass is 401 g/mol. The molecule has 0 aliphatic heterocycles. The lowest BCUT2D eigenvalue weighted by Crippen LogP contribution is -1.98. The average Bonchev–Trinajstić information content (AvgIpc) is 3.29. The van der Waals surface area contributed by atoms with Crippen molar-refractivity contribution in [3.8, 4) is 17.4 Å². The van der Waals surface area contributed by atoms with Gasteiger partial charge < -0.3 is 19.4 Å². The first-order valence-corrected chi connectivity index (χ1v) is 9.30. The van der Waals surface area contributed by atoms with Gasteiger partial charge in [0, 0.05) is 25.8 Å². The zero-order chi connectivity index (χ0) is 20.7. The van der Waals surface area contributed by atoms with Gasteiger partial charge in [-0.3, -0.25) is 4.68 Å². The van der Waals surface area contributed by atoms with Gasteiger partial charge in [0.2, 0.25) is 11.8 Å². The zero-order valence-corrected chi connectivity index (χ0v) is 16.7. The van der Waals surface area contributed by atoms with E-state index in [1.807, 2.05) is 61.1 Å². The molecule has 0 amide bonds. The van der Waals surface area contributed by atoms with Crippen molar-refractivity contribution in [2.75, 3.05) is 12.4 Å². The number of nitrogens with zero attached hydrogens (tertiary/aromatic N) is 6. The molecule has 3 heterocycles. The number of aryl methyl sites for hydroxylation is 2. The lowest BCUT2D eigenvalue weighted by Gasteiger charge is -2.07. The fraction of sp³-hybridized carbons (Fsp3) is 0.143. The van der Waals surface area contributed by atoms with E-state index in [1.54, 1.807) is 18.0 Å². The molecule has 0 atom stereocenters. The molecule has 0 spiro atoms. The maximum Gasteiger partial charge on any atom is 0.233 e. The summed E-state index contributed by atoms with van der Waals surface area (Å²) in [5.41, 5.74) is 3.42. The van der Waals surface area contributed by atoms with Crippen molar-refractivity contribution in [1.29, 1.82) is 0 Å². The lowest BCUT2D eigenvalue weighted by molar-refractivity contribution is 0.415. The first-order valence-electron chi connectivity index (χ1n) is 9.30. The maximum atomic E-state index is 6.02. The van der Waals surface area contributed by atoms with E-state index in [0.717, 1.165) is 33.8 Å². The van der Waals surface area contributed by atoms with E-state index in [4.69, 9.17) is 14.5 Å². The third kappa shape index (κ3) is 3.06. The van der Waals surface area contributed by atoms with Gasteiger partial charge in [-0.1, -0.05) is 0 Å². The number of hydrogen-bond donors (Lipinski definition) is 1. The van der Waals surface area contributed by atoms with E-state index in [2.05, 4.69) is 20.4 Å². The summed E-state index contributed by atoms with van der Waals surface area (Å²) in [7, 11) is 5.44. The number of aromatic nitrogens is 6. The smallest absolute Gasteiger partial charge is 0.233 e. The molecule has 9 heteroatoms. The summed E-state index contributed by atoms with van der Waals surface area (Å²) >= 11 is 0. The van der Waals surface area contributed by atoms with Gasteiger partial charge in [-0.15, -0.1) is 0 Å². The van der Waals surface area contributed by atoms with Gasteiger partial charge in [-0.2, -0.15) is 5.10 Å². The first-order chi connectivity index (χ1) is 14.6. The van der Waals surface area contributed by atoms with Crippen molar-refractivity contribution in [3.63, 3.8) is 0 Å². The van der Waals surface area contributed by atoms with Crippen LogP contribution in [0.5, 0.6) is 17.4 Å². The molecule has 2 aromatic carbocycles. The van der Waals surface area contributed by atoms with E-state index < -0.39 is 0 Å². The van der Waals surface area contributed by atoms with Gasteiger partial charge in [0.05, 0.1) is 24.3 Å². The predicted molar refractivity (Wildman–Crippen MR) is 113 cm³/mol. The highest BCUT2D eigenvalue weighted by Crippen LogP contribution is 2.30. The molecule has 30 heavy (non-hydrogen) atoms. The van der Waals surface area contributed by atoms with E-state index in [9.17, 15) is 0 Å². The molecule has 0 radical (unpaired) electrons. The highest BCUT2D eigenvalue weighted by molar-refractivity contribution is 5.82. The zero-order valence-electron chi connectivity index (χ0n) is 16.7. The Hall–Kier alpha value is -4.14. The minimum Gasteiger partial charge on any atom is -0.497 e. The lowest BCUT2D eigenvalue weighted by atomic mass is 10.3. The summed E-state index contributed by atoms with van der Waals surface area (Å²) in [6.07, 6.45) is 3.16. The van der Waals surface area contributed by atoms with Crippen LogP contribution in [0.4, 0.5) is 11.6 Å². The van der Waals surface area contributed by atoms with Gasteiger partial charge in [0.15, 0.2) is 5.65 Å². The Morgan fingerprint density at radius 2 is 1.77 bits per heavy atom. The van der Waals surface area contributed by atoms with E-state index in [1.165, 1.54) is 6.33 Å². The third-order valence-electron chi connectivity index (χ3n) is 4.91. The summed E-state index contributed by atoms with van der Waals surface area (Å²) in [4.78, 5) is 13.2. The fourth-order valence-electron chi connectivity index (χ4n) is 3.29. The Morgan fingerprint density at radius 3 is 2.57 bits per heavy atom. The van der Waals surface area contributed by atoms with Crippen molar-refractivity contribution in [2.24, 2.45) is 14.1 Å². The van der Waals surface area contributed by atoms with Crippen molar-refractivity contribution >= 4 is 33.7 Å². The Morgan fingerprint density at radius 1 is 0.967 bits per heavy atom. The van der Waals surface area contributed by atoms with E-state index >= 15 is 0 Å². The van der Waals surface area contributed by atoms with Crippen molar-refractivity contribution in [3.05, 3.63) is 55.0 Å². The molecule has 9 nitrogen and oxygen atoms in total. The first kappa shape index (κ1) is 17.9. The van der Waals surface area contributed by atoms with Crippen LogP contribution in [0, 0.1) is 0 Å². The van der Waals surface area contributed by atoms with E-state index in [0.29, 0.717) is 17.3 Å². The van der Waals surface area contributed by atoms with Crippen LogP contribution in [0.1, 0.15) is 0 Å². The SMILES string of the molecule is COc1ccc(Nc2nc3cc(Oc4ncnc5c4cnn5C)ccc3n2C)cc1. The number of ether oxygens (including phenoxy) is 2. The van der Waals surface area contributed by atoms with Crippen LogP contribution in [0.25, 0.3) is 22.1 Å².